The van der Waals surface area contributed by atoms with Crippen molar-refractivity contribution in [2.75, 3.05) is 5.73 Å². The fraction of sp³-hybridized carbons (Fsp3) is 0.727. The number of sulfonamides is 1. The first-order valence-corrected chi connectivity index (χ1v) is 7.60. The van der Waals surface area contributed by atoms with Crippen LogP contribution in [0.2, 0.25) is 0 Å². The zero-order valence-corrected chi connectivity index (χ0v) is 12.2. The highest BCUT2D eigenvalue weighted by molar-refractivity contribution is 7.89. The number of nitrogen functional groups attached to an aromatic ring is 1. The lowest BCUT2D eigenvalue weighted by Gasteiger charge is -2.22. The van der Waals surface area contributed by atoms with Crippen molar-refractivity contribution in [1.82, 2.24) is 14.3 Å². The molecule has 1 atom stereocenters. The van der Waals surface area contributed by atoms with Gasteiger partial charge in [0.1, 0.15) is 0 Å². The van der Waals surface area contributed by atoms with Crippen LogP contribution in [0.1, 0.15) is 33.6 Å². The first-order valence-electron chi connectivity index (χ1n) is 6.12. The SMILES string of the molecule is CCC(CC)C(C)NS(=O)(=O)c1c(N)ncn1C. The van der Waals surface area contributed by atoms with Gasteiger partial charge in [-0.2, -0.15) is 0 Å². The van der Waals surface area contributed by atoms with Crippen LogP contribution < -0.4 is 10.5 Å². The van der Waals surface area contributed by atoms with Gasteiger partial charge in [-0.15, -0.1) is 0 Å². The Kier molecular flexibility index (Phi) is 4.75. The molecule has 0 aromatic carbocycles. The second-order valence-electron chi connectivity index (χ2n) is 4.53. The number of nitrogens with two attached hydrogens (primary N) is 1. The third-order valence-corrected chi connectivity index (χ3v) is 4.95. The van der Waals surface area contributed by atoms with Gasteiger partial charge in [0.05, 0.1) is 6.33 Å². The van der Waals surface area contributed by atoms with Gasteiger partial charge < -0.3 is 10.3 Å². The van der Waals surface area contributed by atoms with Gasteiger partial charge >= 0.3 is 0 Å². The Morgan fingerprint density at radius 2 is 2.00 bits per heavy atom. The summed E-state index contributed by atoms with van der Waals surface area (Å²) in [7, 11) is -2.01. The molecule has 1 aromatic rings. The van der Waals surface area contributed by atoms with E-state index in [-0.39, 0.29) is 16.9 Å². The summed E-state index contributed by atoms with van der Waals surface area (Å²) in [6, 6.07) is -0.126. The van der Waals surface area contributed by atoms with Crippen LogP contribution in [0.25, 0.3) is 0 Å². The number of anilines is 1. The minimum Gasteiger partial charge on any atom is -0.381 e. The molecule has 0 aliphatic carbocycles. The van der Waals surface area contributed by atoms with E-state index < -0.39 is 10.0 Å². The van der Waals surface area contributed by atoms with Crippen molar-refractivity contribution >= 4 is 15.8 Å². The van der Waals surface area contributed by atoms with E-state index in [1.54, 1.807) is 7.05 Å². The summed E-state index contributed by atoms with van der Waals surface area (Å²) in [5.74, 6) is 0.343. The standard InChI is InChI=1S/C11H22N4O2S/c1-5-9(6-2)8(3)14-18(16,17)11-10(12)13-7-15(11)4/h7-9,14H,5-6,12H2,1-4H3. The molecule has 18 heavy (non-hydrogen) atoms. The summed E-state index contributed by atoms with van der Waals surface area (Å²) in [6.45, 7) is 5.98. The summed E-state index contributed by atoms with van der Waals surface area (Å²) in [5, 5.41) is 0.0281. The van der Waals surface area contributed by atoms with E-state index in [0.717, 1.165) is 12.8 Å². The van der Waals surface area contributed by atoms with Gasteiger partial charge in [-0.25, -0.2) is 18.1 Å². The number of hydrogen-bond donors (Lipinski definition) is 2. The fourth-order valence-electron chi connectivity index (χ4n) is 2.16. The molecule has 1 aromatic heterocycles. The molecule has 0 bridgehead atoms. The van der Waals surface area contributed by atoms with Crippen molar-refractivity contribution in [2.24, 2.45) is 13.0 Å². The molecule has 104 valence electrons. The van der Waals surface area contributed by atoms with Gasteiger partial charge in [-0.05, 0) is 12.8 Å². The van der Waals surface area contributed by atoms with E-state index in [2.05, 4.69) is 23.6 Å². The third kappa shape index (κ3) is 3.02. The molecule has 3 N–H and O–H groups in total. The minimum atomic E-state index is -3.62. The summed E-state index contributed by atoms with van der Waals surface area (Å²) in [5.41, 5.74) is 5.59. The van der Waals surface area contributed by atoms with Gasteiger partial charge in [0.25, 0.3) is 10.0 Å². The average Bonchev–Trinajstić information content (AvgIpc) is 2.59. The van der Waals surface area contributed by atoms with Gasteiger partial charge in [-0.1, -0.05) is 26.7 Å². The van der Waals surface area contributed by atoms with E-state index in [1.165, 1.54) is 10.9 Å². The molecule has 0 spiro atoms. The van der Waals surface area contributed by atoms with E-state index in [0.29, 0.717) is 5.92 Å². The molecule has 0 amide bonds. The molecule has 0 radical (unpaired) electrons. The average molecular weight is 274 g/mol. The first-order chi connectivity index (χ1) is 8.33. The number of aromatic nitrogens is 2. The maximum absolute atomic E-state index is 12.2. The number of aryl methyl sites for hydroxylation is 1. The predicted octanol–water partition coefficient (Wildman–Crippen LogP) is 1.11. The lowest BCUT2D eigenvalue weighted by atomic mass is 9.96. The molecule has 7 heteroatoms. The van der Waals surface area contributed by atoms with Gasteiger partial charge in [0.15, 0.2) is 10.8 Å². The molecule has 0 saturated carbocycles. The molecule has 0 fully saturated rings. The highest BCUT2D eigenvalue weighted by Gasteiger charge is 2.26. The fourth-order valence-corrected chi connectivity index (χ4v) is 3.70. The Morgan fingerprint density at radius 1 is 1.44 bits per heavy atom. The second kappa shape index (κ2) is 5.71. The number of hydrogen-bond acceptors (Lipinski definition) is 4. The first kappa shape index (κ1) is 15.0. The quantitative estimate of drug-likeness (QED) is 0.813. The van der Waals surface area contributed by atoms with Crippen LogP contribution in [0.4, 0.5) is 5.82 Å². The number of nitrogens with one attached hydrogen (secondary N) is 1. The Morgan fingerprint density at radius 3 is 2.39 bits per heavy atom. The smallest absolute Gasteiger partial charge is 0.260 e. The van der Waals surface area contributed by atoms with Crippen molar-refractivity contribution in [2.45, 2.75) is 44.7 Å². The van der Waals surface area contributed by atoms with E-state index in [1.807, 2.05) is 6.92 Å². The van der Waals surface area contributed by atoms with Crippen LogP contribution in [0.15, 0.2) is 11.4 Å². The van der Waals surface area contributed by atoms with Crippen molar-refractivity contribution in [1.29, 1.82) is 0 Å². The molecule has 6 nitrogen and oxygen atoms in total. The third-order valence-electron chi connectivity index (χ3n) is 3.26. The van der Waals surface area contributed by atoms with Crippen molar-refractivity contribution in [3.05, 3.63) is 6.33 Å². The summed E-state index contributed by atoms with van der Waals surface area (Å²) >= 11 is 0. The van der Waals surface area contributed by atoms with Crippen LogP contribution >= 0.6 is 0 Å². The Bertz CT molecular complexity index is 472. The molecule has 0 aliphatic heterocycles. The summed E-state index contributed by atoms with van der Waals surface area (Å²) < 4.78 is 28.5. The normalized spacial score (nSPS) is 14.1. The maximum atomic E-state index is 12.2. The van der Waals surface area contributed by atoms with Crippen molar-refractivity contribution in [3.63, 3.8) is 0 Å². The van der Waals surface area contributed by atoms with Crippen LogP contribution in [-0.4, -0.2) is 24.0 Å². The van der Waals surface area contributed by atoms with Crippen LogP contribution in [-0.2, 0) is 17.1 Å². The van der Waals surface area contributed by atoms with Crippen LogP contribution in [0.3, 0.4) is 0 Å². The summed E-state index contributed by atoms with van der Waals surface area (Å²) in [6.07, 6.45) is 3.26. The van der Waals surface area contributed by atoms with Crippen LogP contribution in [0.5, 0.6) is 0 Å². The second-order valence-corrected chi connectivity index (χ2v) is 6.16. The lowest BCUT2D eigenvalue weighted by Crippen LogP contribution is -2.38. The van der Waals surface area contributed by atoms with Gasteiger partial charge in [0.2, 0.25) is 0 Å². The predicted molar refractivity (Wildman–Crippen MR) is 71.5 cm³/mol. The Hall–Kier alpha value is -1.08. The topological polar surface area (TPSA) is 90.0 Å². The molecule has 1 rings (SSSR count). The van der Waals surface area contributed by atoms with Crippen LogP contribution in [0, 0.1) is 5.92 Å². The molecule has 0 saturated heterocycles. The van der Waals surface area contributed by atoms with Gasteiger partial charge in [0, 0.05) is 13.1 Å². The maximum Gasteiger partial charge on any atom is 0.260 e. The lowest BCUT2D eigenvalue weighted by molar-refractivity contribution is 0.390. The van der Waals surface area contributed by atoms with E-state index in [9.17, 15) is 8.42 Å². The number of imidazole rings is 1. The minimum absolute atomic E-state index is 0.0281. The van der Waals surface area contributed by atoms with E-state index in [4.69, 9.17) is 5.73 Å². The molecular formula is C11H22N4O2S. The van der Waals surface area contributed by atoms with E-state index >= 15 is 0 Å². The monoisotopic (exact) mass is 274 g/mol. The van der Waals surface area contributed by atoms with Gasteiger partial charge in [-0.3, -0.25) is 0 Å². The zero-order chi connectivity index (χ0) is 13.9. The van der Waals surface area contributed by atoms with Crippen molar-refractivity contribution in [3.8, 4) is 0 Å². The van der Waals surface area contributed by atoms with Crippen molar-refractivity contribution < 1.29 is 8.42 Å². The molecule has 0 aliphatic rings. The zero-order valence-electron chi connectivity index (χ0n) is 11.3. The Balaban J connectivity index is 2.96. The largest absolute Gasteiger partial charge is 0.381 e. The number of rotatable bonds is 6. The Labute approximate surface area is 109 Å². The molecule has 1 unspecified atom stereocenters. The molecular weight excluding hydrogens is 252 g/mol. The molecule has 1 heterocycles. The number of nitrogens with zero attached hydrogens (tertiary/aromatic N) is 2. The summed E-state index contributed by atoms with van der Waals surface area (Å²) in [4.78, 5) is 3.80. The highest BCUT2D eigenvalue weighted by Crippen LogP contribution is 2.19. The highest BCUT2D eigenvalue weighted by atomic mass is 32.2.